The number of nitrogens with one attached hydrogen (secondary N) is 1. The SMILES string of the molecule is Cc1ccc(S(=O)(=O)NCCc2csc(N3CCCCC3)n2)cc1. The summed E-state index contributed by atoms with van der Waals surface area (Å²) >= 11 is 1.65. The number of aromatic nitrogens is 1. The molecular formula is C17H23N3O2S2. The largest absolute Gasteiger partial charge is 0.348 e. The number of anilines is 1. The van der Waals surface area contributed by atoms with Crippen LogP contribution >= 0.6 is 11.3 Å². The van der Waals surface area contributed by atoms with Gasteiger partial charge in [-0.1, -0.05) is 17.7 Å². The molecule has 1 N–H and O–H groups in total. The van der Waals surface area contributed by atoms with Gasteiger partial charge in [-0.2, -0.15) is 0 Å². The Kier molecular flexibility index (Phi) is 5.53. The molecule has 2 heterocycles. The molecule has 0 atom stereocenters. The van der Waals surface area contributed by atoms with Crippen LogP contribution in [0.15, 0.2) is 34.5 Å². The molecule has 1 fully saturated rings. The highest BCUT2D eigenvalue weighted by molar-refractivity contribution is 7.89. The number of sulfonamides is 1. The maximum absolute atomic E-state index is 12.2. The number of piperidine rings is 1. The van der Waals surface area contributed by atoms with Crippen molar-refractivity contribution in [3.63, 3.8) is 0 Å². The summed E-state index contributed by atoms with van der Waals surface area (Å²) in [5.41, 5.74) is 1.99. The number of benzene rings is 1. The van der Waals surface area contributed by atoms with E-state index in [2.05, 4.69) is 14.6 Å². The molecule has 0 amide bonds. The minimum absolute atomic E-state index is 0.306. The highest BCUT2D eigenvalue weighted by atomic mass is 32.2. The summed E-state index contributed by atoms with van der Waals surface area (Å²) in [5.74, 6) is 0. The van der Waals surface area contributed by atoms with E-state index in [-0.39, 0.29) is 0 Å². The van der Waals surface area contributed by atoms with Crippen LogP contribution in [0.25, 0.3) is 0 Å². The van der Waals surface area contributed by atoms with Gasteiger partial charge < -0.3 is 4.90 Å². The van der Waals surface area contributed by atoms with Crippen molar-refractivity contribution in [1.29, 1.82) is 0 Å². The molecule has 1 aromatic heterocycles. The van der Waals surface area contributed by atoms with Gasteiger partial charge in [0, 0.05) is 31.4 Å². The fraction of sp³-hybridized carbons (Fsp3) is 0.471. The molecule has 2 aromatic rings. The standard InChI is InChI=1S/C17H23N3O2S2/c1-14-5-7-16(8-6-14)24(21,22)18-10-9-15-13-23-17(19-15)20-11-3-2-4-12-20/h5-8,13,18H,2-4,9-12H2,1H3. The Morgan fingerprint density at radius 2 is 1.88 bits per heavy atom. The van der Waals surface area contributed by atoms with Gasteiger partial charge in [0.25, 0.3) is 0 Å². The van der Waals surface area contributed by atoms with E-state index in [0.717, 1.165) is 29.5 Å². The van der Waals surface area contributed by atoms with Gasteiger partial charge in [0.1, 0.15) is 0 Å². The summed E-state index contributed by atoms with van der Waals surface area (Å²) in [4.78, 5) is 7.28. The van der Waals surface area contributed by atoms with Crippen LogP contribution in [0, 0.1) is 6.92 Å². The molecule has 0 unspecified atom stereocenters. The molecule has 0 spiro atoms. The van der Waals surface area contributed by atoms with E-state index in [4.69, 9.17) is 0 Å². The van der Waals surface area contributed by atoms with Gasteiger partial charge in [0.2, 0.25) is 10.0 Å². The van der Waals surface area contributed by atoms with Crippen LogP contribution in [0.2, 0.25) is 0 Å². The Morgan fingerprint density at radius 1 is 1.17 bits per heavy atom. The van der Waals surface area contributed by atoms with Crippen LogP contribution in [0.1, 0.15) is 30.5 Å². The van der Waals surface area contributed by atoms with E-state index in [9.17, 15) is 8.42 Å². The van der Waals surface area contributed by atoms with Crippen molar-refractivity contribution in [1.82, 2.24) is 9.71 Å². The summed E-state index contributed by atoms with van der Waals surface area (Å²) < 4.78 is 27.2. The summed E-state index contributed by atoms with van der Waals surface area (Å²) in [5, 5.41) is 3.09. The van der Waals surface area contributed by atoms with Crippen LogP contribution in [0.5, 0.6) is 0 Å². The molecule has 0 aliphatic carbocycles. The van der Waals surface area contributed by atoms with Crippen molar-refractivity contribution >= 4 is 26.5 Å². The monoisotopic (exact) mass is 365 g/mol. The molecule has 3 rings (SSSR count). The predicted octanol–water partition coefficient (Wildman–Crippen LogP) is 2.96. The van der Waals surface area contributed by atoms with Crippen molar-refractivity contribution < 1.29 is 8.42 Å². The first-order chi connectivity index (χ1) is 11.5. The molecule has 5 nitrogen and oxygen atoms in total. The van der Waals surface area contributed by atoms with E-state index in [0.29, 0.717) is 17.9 Å². The van der Waals surface area contributed by atoms with E-state index >= 15 is 0 Å². The average molecular weight is 366 g/mol. The van der Waals surface area contributed by atoms with Crippen LogP contribution in [0.4, 0.5) is 5.13 Å². The summed E-state index contributed by atoms with van der Waals surface area (Å²) in [6.07, 6.45) is 4.36. The topological polar surface area (TPSA) is 62.3 Å². The number of nitrogens with zero attached hydrogens (tertiary/aromatic N) is 2. The van der Waals surface area contributed by atoms with Crippen LogP contribution in [-0.4, -0.2) is 33.0 Å². The highest BCUT2D eigenvalue weighted by Crippen LogP contribution is 2.24. The minimum Gasteiger partial charge on any atom is -0.348 e. The number of hydrogen-bond donors (Lipinski definition) is 1. The summed E-state index contributed by atoms with van der Waals surface area (Å²) in [6, 6.07) is 6.88. The number of thiazole rings is 1. The van der Waals surface area contributed by atoms with Gasteiger partial charge in [-0.15, -0.1) is 11.3 Å². The summed E-state index contributed by atoms with van der Waals surface area (Å²) in [6.45, 7) is 4.45. The Bertz CT molecular complexity index is 763. The molecule has 0 bridgehead atoms. The molecule has 1 aliphatic heterocycles. The zero-order chi connectivity index (χ0) is 17.0. The molecule has 1 aromatic carbocycles. The maximum Gasteiger partial charge on any atom is 0.240 e. The summed E-state index contributed by atoms with van der Waals surface area (Å²) in [7, 11) is -3.45. The first kappa shape index (κ1) is 17.4. The van der Waals surface area contributed by atoms with Crippen molar-refractivity contribution in [2.24, 2.45) is 0 Å². The van der Waals surface area contributed by atoms with Crippen molar-refractivity contribution in [2.45, 2.75) is 37.5 Å². The van der Waals surface area contributed by atoms with Gasteiger partial charge in [-0.3, -0.25) is 0 Å². The van der Waals surface area contributed by atoms with E-state index in [1.807, 2.05) is 12.3 Å². The lowest BCUT2D eigenvalue weighted by molar-refractivity contribution is 0.575. The number of hydrogen-bond acceptors (Lipinski definition) is 5. The molecule has 0 radical (unpaired) electrons. The molecule has 7 heteroatoms. The van der Waals surface area contributed by atoms with Gasteiger partial charge in [0.15, 0.2) is 5.13 Å². The van der Waals surface area contributed by atoms with Crippen LogP contribution < -0.4 is 9.62 Å². The lowest BCUT2D eigenvalue weighted by Gasteiger charge is -2.25. The average Bonchev–Trinajstić information content (AvgIpc) is 3.05. The zero-order valence-electron chi connectivity index (χ0n) is 13.9. The molecule has 130 valence electrons. The smallest absolute Gasteiger partial charge is 0.240 e. The second-order valence-corrected chi connectivity index (χ2v) is 8.73. The molecule has 1 saturated heterocycles. The lowest BCUT2D eigenvalue weighted by Crippen LogP contribution is -2.29. The first-order valence-corrected chi connectivity index (χ1v) is 10.7. The molecule has 0 saturated carbocycles. The normalized spacial score (nSPS) is 15.6. The Balaban J connectivity index is 1.54. The third-order valence-corrected chi connectivity index (χ3v) is 6.60. The third-order valence-electron chi connectivity index (χ3n) is 4.17. The van der Waals surface area contributed by atoms with Crippen LogP contribution in [-0.2, 0) is 16.4 Å². The van der Waals surface area contributed by atoms with Crippen molar-refractivity contribution in [2.75, 3.05) is 24.5 Å². The van der Waals surface area contributed by atoms with Gasteiger partial charge in [0.05, 0.1) is 10.6 Å². The van der Waals surface area contributed by atoms with Crippen molar-refractivity contribution in [3.8, 4) is 0 Å². The number of rotatable bonds is 6. The van der Waals surface area contributed by atoms with Crippen LogP contribution in [0.3, 0.4) is 0 Å². The molecule has 1 aliphatic rings. The minimum atomic E-state index is -3.45. The predicted molar refractivity (Wildman–Crippen MR) is 98.2 cm³/mol. The second kappa shape index (κ2) is 7.63. The lowest BCUT2D eigenvalue weighted by atomic mass is 10.1. The quantitative estimate of drug-likeness (QED) is 0.855. The van der Waals surface area contributed by atoms with Gasteiger partial charge >= 0.3 is 0 Å². The number of aryl methyl sites for hydroxylation is 1. The van der Waals surface area contributed by atoms with Crippen molar-refractivity contribution in [3.05, 3.63) is 40.9 Å². The zero-order valence-corrected chi connectivity index (χ0v) is 15.5. The van der Waals surface area contributed by atoms with E-state index in [1.54, 1.807) is 35.6 Å². The fourth-order valence-corrected chi connectivity index (χ4v) is 4.70. The van der Waals surface area contributed by atoms with E-state index in [1.165, 1.54) is 19.3 Å². The third kappa shape index (κ3) is 4.34. The Hall–Kier alpha value is -1.44. The molecule has 24 heavy (non-hydrogen) atoms. The maximum atomic E-state index is 12.2. The first-order valence-electron chi connectivity index (χ1n) is 8.30. The van der Waals surface area contributed by atoms with Gasteiger partial charge in [-0.05, 0) is 38.3 Å². The Morgan fingerprint density at radius 3 is 2.58 bits per heavy atom. The highest BCUT2D eigenvalue weighted by Gasteiger charge is 2.16. The van der Waals surface area contributed by atoms with Gasteiger partial charge in [-0.25, -0.2) is 18.1 Å². The fourth-order valence-electron chi connectivity index (χ4n) is 2.76. The van der Waals surface area contributed by atoms with E-state index < -0.39 is 10.0 Å². The second-order valence-electron chi connectivity index (χ2n) is 6.13. The molecular weight excluding hydrogens is 342 g/mol. The Labute approximate surface area is 147 Å².